The van der Waals surface area contributed by atoms with Gasteiger partial charge >= 0.3 is 0 Å². The summed E-state index contributed by atoms with van der Waals surface area (Å²) < 4.78 is 0. The first kappa shape index (κ1) is 19.1. The third-order valence-corrected chi connectivity index (χ3v) is 6.15. The molecule has 26 heavy (non-hydrogen) atoms. The molecule has 0 heterocycles. The van der Waals surface area contributed by atoms with E-state index in [4.69, 9.17) is 0 Å². The predicted molar refractivity (Wildman–Crippen MR) is 109 cm³/mol. The molecule has 1 saturated carbocycles. The molecule has 0 amide bonds. The van der Waals surface area contributed by atoms with Crippen LogP contribution < -0.4 is 0 Å². The van der Waals surface area contributed by atoms with E-state index in [-0.39, 0.29) is 0 Å². The van der Waals surface area contributed by atoms with Crippen LogP contribution in [0.5, 0.6) is 0 Å². The largest absolute Gasteiger partial charge is 0.390 e. The van der Waals surface area contributed by atoms with Crippen molar-refractivity contribution in [1.82, 2.24) is 4.90 Å². The SMILES string of the molecule is CC(c1ccccc1)N(Cc1ccccc1)[C@H]1CC[C@H](C(C)(C)O)CC1. The van der Waals surface area contributed by atoms with Crippen molar-refractivity contribution in [1.29, 1.82) is 0 Å². The number of aliphatic hydroxyl groups is 1. The molecule has 2 aromatic rings. The number of hydrogen-bond acceptors (Lipinski definition) is 2. The molecule has 2 aromatic carbocycles. The van der Waals surface area contributed by atoms with Gasteiger partial charge in [0.25, 0.3) is 0 Å². The van der Waals surface area contributed by atoms with Crippen molar-refractivity contribution in [2.24, 2.45) is 5.92 Å². The summed E-state index contributed by atoms with van der Waals surface area (Å²) >= 11 is 0. The van der Waals surface area contributed by atoms with Gasteiger partial charge in [-0.15, -0.1) is 0 Å². The fourth-order valence-electron chi connectivity index (χ4n) is 4.41. The van der Waals surface area contributed by atoms with Crippen LogP contribution >= 0.6 is 0 Å². The molecule has 0 bridgehead atoms. The summed E-state index contributed by atoms with van der Waals surface area (Å²) in [6, 6.07) is 22.6. The van der Waals surface area contributed by atoms with E-state index >= 15 is 0 Å². The summed E-state index contributed by atoms with van der Waals surface area (Å²) in [6.45, 7) is 7.24. The molecule has 0 aromatic heterocycles. The second-order valence-electron chi connectivity index (χ2n) is 8.40. The normalized spacial score (nSPS) is 22.3. The molecule has 1 atom stereocenters. The van der Waals surface area contributed by atoms with Crippen LogP contribution in [-0.4, -0.2) is 21.6 Å². The third-order valence-electron chi connectivity index (χ3n) is 6.15. The number of nitrogens with zero attached hydrogens (tertiary/aromatic N) is 1. The van der Waals surface area contributed by atoms with E-state index in [9.17, 15) is 5.11 Å². The average molecular weight is 352 g/mol. The molecule has 1 fully saturated rings. The molecule has 0 radical (unpaired) electrons. The van der Waals surface area contributed by atoms with Gasteiger partial charge in [-0.3, -0.25) is 4.90 Å². The van der Waals surface area contributed by atoms with Crippen molar-refractivity contribution < 1.29 is 5.11 Å². The fourth-order valence-corrected chi connectivity index (χ4v) is 4.41. The van der Waals surface area contributed by atoms with Gasteiger partial charge in [0.15, 0.2) is 0 Å². The van der Waals surface area contributed by atoms with Crippen LogP contribution in [0.3, 0.4) is 0 Å². The molecule has 3 rings (SSSR count). The van der Waals surface area contributed by atoms with Gasteiger partial charge in [-0.25, -0.2) is 0 Å². The monoisotopic (exact) mass is 351 g/mol. The topological polar surface area (TPSA) is 23.5 Å². The lowest BCUT2D eigenvalue weighted by Crippen LogP contribution is -2.42. The molecule has 1 aliphatic rings. The van der Waals surface area contributed by atoms with Gasteiger partial charge in [-0.1, -0.05) is 60.7 Å². The van der Waals surface area contributed by atoms with Crippen LogP contribution in [0.25, 0.3) is 0 Å². The smallest absolute Gasteiger partial charge is 0.0619 e. The maximum absolute atomic E-state index is 10.4. The van der Waals surface area contributed by atoms with E-state index in [2.05, 4.69) is 72.5 Å². The summed E-state index contributed by atoms with van der Waals surface area (Å²) in [6.07, 6.45) is 4.55. The molecule has 1 N–H and O–H groups in total. The summed E-state index contributed by atoms with van der Waals surface area (Å²) in [5.41, 5.74) is 2.20. The molecule has 2 heteroatoms. The Bertz CT molecular complexity index is 654. The van der Waals surface area contributed by atoms with E-state index in [0.29, 0.717) is 18.0 Å². The minimum atomic E-state index is -0.555. The van der Waals surface area contributed by atoms with Crippen molar-refractivity contribution in [3.8, 4) is 0 Å². The first-order valence-electron chi connectivity index (χ1n) is 10.0. The second-order valence-corrected chi connectivity index (χ2v) is 8.40. The van der Waals surface area contributed by atoms with Crippen LogP contribution in [0.2, 0.25) is 0 Å². The highest BCUT2D eigenvalue weighted by Gasteiger charge is 2.34. The van der Waals surface area contributed by atoms with E-state index in [1.54, 1.807) is 0 Å². The lowest BCUT2D eigenvalue weighted by atomic mass is 9.76. The molecular weight excluding hydrogens is 318 g/mol. The van der Waals surface area contributed by atoms with Gasteiger partial charge in [0.2, 0.25) is 0 Å². The number of rotatable bonds is 6. The Morgan fingerprint density at radius 1 is 0.923 bits per heavy atom. The van der Waals surface area contributed by atoms with Crippen LogP contribution in [0.4, 0.5) is 0 Å². The quantitative estimate of drug-likeness (QED) is 0.734. The maximum atomic E-state index is 10.4. The van der Waals surface area contributed by atoms with Crippen molar-refractivity contribution >= 4 is 0 Å². The Hall–Kier alpha value is -1.64. The Labute approximate surface area is 158 Å². The minimum absolute atomic E-state index is 0.389. The zero-order chi connectivity index (χ0) is 18.6. The zero-order valence-electron chi connectivity index (χ0n) is 16.4. The Balaban J connectivity index is 1.77. The van der Waals surface area contributed by atoms with Gasteiger partial charge in [-0.05, 0) is 63.5 Å². The highest BCUT2D eigenvalue weighted by Crippen LogP contribution is 2.37. The standard InChI is InChI=1S/C24H33NO/c1-19(21-12-8-5-9-13-21)25(18-20-10-6-4-7-11-20)23-16-14-22(15-17-23)24(2,3)26/h4-13,19,22-23,26H,14-18H2,1-3H3/t19?,22-,23-. The molecule has 0 spiro atoms. The second kappa shape index (κ2) is 8.37. The van der Waals surface area contributed by atoms with E-state index in [1.165, 1.54) is 24.0 Å². The van der Waals surface area contributed by atoms with Crippen LogP contribution in [0, 0.1) is 5.92 Å². The summed E-state index contributed by atoms with van der Waals surface area (Å²) in [5, 5.41) is 10.4. The number of benzene rings is 2. The van der Waals surface area contributed by atoms with Crippen molar-refractivity contribution in [3.63, 3.8) is 0 Å². The molecule has 1 unspecified atom stereocenters. The minimum Gasteiger partial charge on any atom is -0.390 e. The molecule has 0 aliphatic heterocycles. The first-order chi connectivity index (χ1) is 12.4. The molecule has 1 aliphatic carbocycles. The van der Waals surface area contributed by atoms with E-state index < -0.39 is 5.60 Å². The Kier molecular flexibility index (Phi) is 6.16. The van der Waals surface area contributed by atoms with E-state index in [0.717, 1.165) is 19.4 Å². The van der Waals surface area contributed by atoms with Gasteiger partial charge in [0, 0.05) is 18.6 Å². The lowest BCUT2D eigenvalue weighted by molar-refractivity contribution is -0.0174. The Morgan fingerprint density at radius 2 is 1.46 bits per heavy atom. The lowest BCUT2D eigenvalue weighted by Gasteiger charge is -2.43. The molecule has 140 valence electrons. The van der Waals surface area contributed by atoms with Crippen LogP contribution in [0.15, 0.2) is 60.7 Å². The van der Waals surface area contributed by atoms with Gasteiger partial charge < -0.3 is 5.11 Å². The van der Waals surface area contributed by atoms with Crippen molar-refractivity contribution in [2.75, 3.05) is 0 Å². The van der Waals surface area contributed by atoms with Gasteiger partial charge in [-0.2, -0.15) is 0 Å². The van der Waals surface area contributed by atoms with Crippen molar-refractivity contribution in [3.05, 3.63) is 71.8 Å². The highest BCUT2D eigenvalue weighted by molar-refractivity contribution is 5.20. The molecular formula is C24H33NO. The first-order valence-corrected chi connectivity index (χ1v) is 10.0. The maximum Gasteiger partial charge on any atom is 0.0619 e. The van der Waals surface area contributed by atoms with Crippen LogP contribution in [0.1, 0.15) is 63.6 Å². The summed E-state index contributed by atoms with van der Waals surface area (Å²) in [7, 11) is 0. The zero-order valence-corrected chi connectivity index (χ0v) is 16.4. The predicted octanol–water partition coefficient (Wildman–Crippen LogP) is 5.58. The molecule has 0 saturated heterocycles. The summed E-state index contributed by atoms with van der Waals surface area (Å²) in [4.78, 5) is 2.67. The Morgan fingerprint density at radius 3 is 2.00 bits per heavy atom. The van der Waals surface area contributed by atoms with Gasteiger partial charge in [0.1, 0.15) is 0 Å². The number of hydrogen-bond donors (Lipinski definition) is 1. The van der Waals surface area contributed by atoms with Crippen LogP contribution in [-0.2, 0) is 6.54 Å². The summed E-state index contributed by atoms with van der Waals surface area (Å²) in [5.74, 6) is 0.421. The fraction of sp³-hybridized carbons (Fsp3) is 0.500. The third kappa shape index (κ3) is 4.75. The van der Waals surface area contributed by atoms with Crippen molar-refractivity contribution in [2.45, 2.75) is 70.7 Å². The van der Waals surface area contributed by atoms with E-state index in [1.807, 2.05) is 13.8 Å². The average Bonchev–Trinajstić information content (AvgIpc) is 2.66. The molecule has 2 nitrogen and oxygen atoms in total. The van der Waals surface area contributed by atoms with Gasteiger partial charge in [0.05, 0.1) is 5.60 Å². The highest BCUT2D eigenvalue weighted by atomic mass is 16.3.